The van der Waals surface area contributed by atoms with E-state index in [1.165, 1.54) is 6.33 Å². The van der Waals surface area contributed by atoms with Gasteiger partial charge in [-0.05, 0) is 6.92 Å². The minimum absolute atomic E-state index is 0.558. The van der Waals surface area contributed by atoms with E-state index >= 15 is 0 Å². The smallest absolute Gasteiger partial charge is 0.254 e. The van der Waals surface area contributed by atoms with Gasteiger partial charge in [0.15, 0.2) is 5.82 Å². The molecule has 7 nitrogen and oxygen atoms in total. The van der Waals surface area contributed by atoms with Gasteiger partial charge in [0, 0.05) is 25.9 Å². The second-order valence-electron chi connectivity index (χ2n) is 3.57. The van der Waals surface area contributed by atoms with E-state index in [-0.39, 0.29) is 0 Å². The number of anilines is 1. The Balaban J connectivity index is 2.32. The Kier molecular flexibility index (Phi) is 2.67. The number of hydrogen-bond acceptors (Lipinski definition) is 5. The molecule has 0 amide bonds. The van der Waals surface area contributed by atoms with Crippen molar-refractivity contribution in [3.05, 3.63) is 18.1 Å². The highest BCUT2D eigenvalue weighted by atomic mass is 15.4. The summed E-state index contributed by atoms with van der Waals surface area (Å²) in [5.41, 5.74) is 3.76. The van der Waals surface area contributed by atoms with Crippen molar-refractivity contribution < 1.29 is 0 Å². The van der Waals surface area contributed by atoms with Crippen LogP contribution in [0.25, 0.3) is 5.78 Å². The molecule has 0 saturated heterocycles. The van der Waals surface area contributed by atoms with E-state index < -0.39 is 0 Å². The molecule has 0 radical (unpaired) electrons. The van der Waals surface area contributed by atoms with Crippen molar-refractivity contribution in [2.75, 3.05) is 19.5 Å². The first-order valence-corrected chi connectivity index (χ1v) is 4.80. The third-order valence-electron chi connectivity index (χ3n) is 1.85. The van der Waals surface area contributed by atoms with Crippen LogP contribution in [0.3, 0.4) is 0 Å². The van der Waals surface area contributed by atoms with E-state index in [4.69, 9.17) is 0 Å². The van der Waals surface area contributed by atoms with Crippen molar-refractivity contribution in [3.63, 3.8) is 0 Å². The van der Waals surface area contributed by atoms with Crippen LogP contribution >= 0.6 is 0 Å². The van der Waals surface area contributed by atoms with Gasteiger partial charge in [0.2, 0.25) is 0 Å². The Labute approximate surface area is 92.8 Å². The summed E-state index contributed by atoms with van der Waals surface area (Å²) in [7, 11) is 3.79. The molecule has 0 atom stereocenters. The van der Waals surface area contributed by atoms with E-state index in [2.05, 4.69) is 25.6 Å². The van der Waals surface area contributed by atoms with Gasteiger partial charge in [-0.25, -0.2) is 4.98 Å². The second-order valence-corrected chi connectivity index (χ2v) is 3.57. The highest BCUT2D eigenvalue weighted by molar-refractivity contribution is 5.56. The van der Waals surface area contributed by atoms with Crippen molar-refractivity contribution in [1.82, 2.24) is 24.5 Å². The Morgan fingerprint density at radius 2 is 2.31 bits per heavy atom. The van der Waals surface area contributed by atoms with Crippen molar-refractivity contribution in [2.45, 2.75) is 6.92 Å². The summed E-state index contributed by atoms with van der Waals surface area (Å²) in [6, 6.07) is 1.86. The molecule has 0 aliphatic rings. The van der Waals surface area contributed by atoms with Crippen molar-refractivity contribution in [2.24, 2.45) is 5.10 Å². The van der Waals surface area contributed by atoms with E-state index in [0.29, 0.717) is 5.78 Å². The van der Waals surface area contributed by atoms with Gasteiger partial charge in [-0.15, -0.1) is 0 Å². The quantitative estimate of drug-likeness (QED) is 0.458. The molecule has 0 spiro atoms. The monoisotopic (exact) mass is 219 g/mol. The number of aromatic nitrogens is 4. The number of fused-ring (bicyclic) bond motifs is 1. The maximum atomic E-state index is 4.23. The van der Waals surface area contributed by atoms with Crippen molar-refractivity contribution in [3.8, 4) is 0 Å². The van der Waals surface area contributed by atoms with Gasteiger partial charge in [0.05, 0.1) is 0 Å². The van der Waals surface area contributed by atoms with E-state index in [1.807, 2.05) is 32.0 Å². The van der Waals surface area contributed by atoms with Gasteiger partial charge in [0.1, 0.15) is 12.7 Å². The van der Waals surface area contributed by atoms with Crippen LogP contribution in [0.15, 0.2) is 17.5 Å². The van der Waals surface area contributed by atoms with Gasteiger partial charge in [-0.3, -0.25) is 5.43 Å². The molecular weight excluding hydrogens is 206 g/mol. The molecule has 1 N–H and O–H groups in total. The average Bonchev–Trinajstić information content (AvgIpc) is 2.64. The van der Waals surface area contributed by atoms with E-state index in [0.717, 1.165) is 11.5 Å². The third-order valence-corrected chi connectivity index (χ3v) is 1.85. The van der Waals surface area contributed by atoms with E-state index in [1.54, 1.807) is 10.9 Å². The lowest BCUT2D eigenvalue weighted by Gasteiger charge is -2.05. The first-order valence-electron chi connectivity index (χ1n) is 4.80. The summed E-state index contributed by atoms with van der Waals surface area (Å²) in [6.07, 6.45) is 3.13. The zero-order chi connectivity index (χ0) is 11.5. The summed E-state index contributed by atoms with van der Waals surface area (Å²) >= 11 is 0. The summed E-state index contributed by atoms with van der Waals surface area (Å²) in [5, 5.41) is 8.10. The lowest BCUT2D eigenvalue weighted by molar-refractivity contribution is 0.641. The molecule has 0 unspecified atom stereocenters. The molecule has 2 aromatic rings. The first-order chi connectivity index (χ1) is 7.66. The molecule has 16 heavy (non-hydrogen) atoms. The topological polar surface area (TPSA) is 70.7 Å². The van der Waals surface area contributed by atoms with Crippen LogP contribution in [0, 0.1) is 6.92 Å². The highest BCUT2D eigenvalue weighted by Crippen LogP contribution is 2.09. The SMILES string of the molecule is Cc1cc(NN=CN(C)C)n2ncnc2n1. The van der Waals surface area contributed by atoms with Gasteiger partial charge in [0.25, 0.3) is 5.78 Å². The molecule has 0 aliphatic heterocycles. The van der Waals surface area contributed by atoms with Gasteiger partial charge in [-0.1, -0.05) is 0 Å². The number of nitrogens with one attached hydrogen (secondary N) is 1. The predicted molar refractivity (Wildman–Crippen MR) is 61.3 cm³/mol. The standard InChI is InChI=1S/C9H13N7/c1-7-4-8(14-11-6-15(2)3)16-9(13-7)10-5-12-16/h4-6,14H,1-3H3. The minimum atomic E-state index is 0.558. The number of nitrogens with zero attached hydrogens (tertiary/aromatic N) is 6. The predicted octanol–water partition coefficient (Wildman–Crippen LogP) is 0.350. The van der Waals surface area contributed by atoms with Gasteiger partial charge in [-0.2, -0.15) is 19.7 Å². The normalized spacial score (nSPS) is 11.2. The van der Waals surface area contributed by atoms with Gasteiger partial charge < -0.3 is 4.90 Å². The molecule has 0 saturated carbocycles. The maximum absolute atomic E-state index is 4.23. The van der Waals surface area contributed by atoms with Crippen LogP contribution in [0.5, 0.6) is 0 Å². The molecule has 0 aliphatic carbocycles. The lowest BCUT2D eigenvalue weighted by atomic mass is 10.4. The van der Waals surface area contributed by atoms with Crippen LogP contribution in [-0.2, 0) is 0 Å². The van der Waals surface area contributed by atoms with Crippen LogP contribution in [0.4, 0.5) is 5.82 Å². The fraction of sp³-hybridized carbons (Fsp3) is 0.333. The van der Waals surface area contributed by atoms with Crippen molar-refractivity contribution >= 4 is 17.9 Å². The zero-order valence-electron chi connectivity index (χ0n) is 9.42. The molecule has 0 aromatic carbocycles. The molecule has 84 valence electrons. The van der Waals surface area contributed by atoms with Crippen molar-refractivity contribution in [1.29, 1.82) is 0 Å². The molecule has 2 aromatic heterocycles. The Bertz CT molecular complexity index is 514. The number of hydrazone groups is 1. The molecular formula is C9H13N7. The number of aryl methyl sites for hydroxylation is 1. The Hall–Kier alpha value is -2.18. The highest BCUT2D eigenvalue weighted by Gasteiger charge is 2.03. The molecule has 7 heteroatoms. The molecule has 0 bridgehead atoms. The number of rotatable bonds is 3. The minimum Gasteiger partial charge on any atom is -0.367 e. The maximum Gasteiger partial charge on any atom is 0.254 e. The first kappa shape index (κ1) is 10.3. The van der Waals surface area contributed by atoms with E-state index in [9.17, 15) is 0 Å². The Morgan fingerprint density at radius 3 is 3.06 bits per heavy atom. The second kappa shape index (κ2) is 4.13. The fourth-order valence-corrected chi connectivity index (χ4v) is 1.22. The Morgan fingerprint density at radius 1 is 1.50 bits per heavy atom. The van der Waals surface area contributed by atoms with Crippen LogP contribution in [-0.4, -0.2) is 44.9 Å². The summed E-state index contributed by atoms with van der Waals surface area (Å²) in [5.74, 6) is 1.29. The summed E-state index contributed by atoms with van der Waals surface area (Å²) < 4.78 is 1.60. The van der Waals surface area contributed by atoms with Gasteiger partial charge >= 0.3 is 0 Å². The largest absolute Gasteiger partial charge is 0.367 e. The zero-order valence-corrected chi connectivity index (χ0v) is 9.42. The van der Waals surface area contributed by atoms with Crippen LogP contribution in [0.2, 0.25) is 0 Å². The fourth-order valence-electron chi connectivity index (χ4n) is 1.22. The van der Waals surface area contributed by atoms with Crippen LogP contribution in [0.1, 0.15) is 5.69 Å². The number of hydrogen-bond donors (Lipinski definition) is 1. The molecule has 0 fully saturated rings. The molecule has 2 rings (SSSR count). The summed E-state index contributed by atoms with van der Waals surface area (Å²) in [4.78, 5) is 10.1. The van der Waals surface area contributed by atoms with Crippen LogP contribution < -0.4 is 5.43 Å². The molecule has 2 heterocycles. The lowest BCUT2D eigenvalue weighted by Crippen LogP contribution is -2.10. The third kappa shape index (κ3) is 2.08. The average molecular weight is 219 g/mol. The summed E-state index contributed by atoms with van der Waals surface area (Å²) in [6.45, 7) is 1.90.